The first kappa shape index (κ1) is 28.8. The molecule has 1 heterocycles. The number of anilines is 1. The number of aromatic nitrogens is 1. The van der Waals surface area contributed by atoms with Gasteiger partial charge in [-0.2, -0.15) is 4.57 Å². The van der Waals surface area contributed by atoms with Crippen LogP contribution in [0, 0.1) is 5.82 Å². The number of ether oxygens (including phenoxy) is 1. The fourth-order valence-electron chi connectivity index (χ4n) is 4.46. The maximum Gasteiger partial charge on any atom is 0.259 e. The fraction of sp³-hybridized carbons (Fsp3) is 0.484. The summed E-state index contributed by atoms with van der Waals surface area (Å²) >= 11 is 1.63. The molecule has 0 spiro atoms. The smallest absolute Gasteiger partial charge is 0.259 e. The molecule has 0 unspecified atom stereocenters. The molecule has 4 nitrogen and oxygen atoms in total. The molecule has 0 aliphatic rings. The van der Waals surface area contributed by atoms with E-state index in [9.17, 15) is 9.18 Å². The van der Waals surface area contributed by atoms with E-state index in [0.717, 1.165) is 24.9 Å². The number of nitrogens with one attached hydrogen (secondary N) is 1. The van der Waals surface area contributed by atoms with E-state index >= 15 is 0 Å². The molecular weight excluding hydrogens is 483 g/mol. The van der Waals surface area contributed by atoms with Gasteiger partial charge < -0.3 is 10.1 Å². The van der Waals surface area contributed by atoms with Crippen LogP contribution in [0.25, 0.3) is 0 Å². The second kappa shape index (κ2) is 16.9. The van der Waals surface area contributed by atoms with Crippen molar-refractivity contribution in [3.05, 3.63) is 76.5 Å². The molecule has 0 aliphatic heterocycles. The van der Waals surface area contributed by atoms with Gasteiger partial charge in [0, 0.05) is 11.3 Å². The molecule has 0 fully saturated rings. The van der Waals surface area contributed by atoms with Crippen LogP contribution in [0.2, 0.25) is 0 Å². The van der Waals surface area contributed by atoms with E-state index in [2.05, 4.69) is 16.8 Å². The molecule has 37 heavy (non-hydrogen) atoms. The van der Waals surface area contributed by atoms with Crippen LogP contribution in [0.5, 0.6) is 5.75 Å². The normalized spacial score (nSPS) is 11.0. The molecule has 1 aromatic heterocycles. The van der Waals surface area contributed by atoms with Crippen LogP contribution in [-0.2, 0) is 6.54 Å². The summed E-state index contributed by atoms with van der Waals surface area (Å²) in [6.07, 6.45) is 17.1. The van der Waals surface area contributed by atoms with Crippen molar-refractivity contribution in [3.63, 3.8) is 0 Å². The summed E-state index contributed by atoms with van der Waals surface area (Å²) in [7, 11) is 0. The van der Waals surface area contributed by atoms with Crippen molar-refractivity contribution in [2.24, 2.45) is 0 Å². The molecule has 200 valence electrons. The molecule has 0 aliphatic carbocycles. The second-order valence-corrected chi connectivity index (χ2v) is 10.5. The Balaban J connectivity index is 1.39. The minimum absolute atomic E-state index is 0.0352. The number of hydrogen-bond acceptors (Lipinski definition) is 3. The molecule has 1 N–H and O–H groups in total. The Kier molecular flexibility index (Phi) is 13.2. The number of nitrogens with zero attached hydrogens (tertiary/aromatic N) is 1. The van der Waals surface area contributed by atoms with E-state index in [1.165, 1.54) is 70.3 Å². The molecule has 2 aromatic carbocycles. The predicted molar refractivity (Wildman–Crippen MR) is 151 cm³/mol. The average molecular weight is 526 g/mol. The number of rotatable bonds is 18. The lowest BCUT2D eigenvalue weighted by Gasteiger charge is -2.13. The lowest BCUT2D eigenvalue weighted by Crippen LogP contribution is -2.30. The molecule has 0 saturated carbocycles. The number of benzene rings is 2. The standard InChI is InChI=1S/C31H41FN2O2S/c1-2-3-4-5-6-7-8-9-10-11-12-13-21-36-30-28(18-15-19-29(30)32)31(35)33-27-17-14-16-26(23-27)24-34-20-22-37-25-34/h14-20,22-23,25H,2-13,21,24H2,1H3/p+1. The summed E-state index contributed by atoms with van der Waals surface area (Å²) in [5, 5.41) is 4.92. The van der Waals surface area contributed by atoms with Crippen LogP contribution in [0.15, 0.2) is 59.6 Å². The minimum atomic E-state index is -0.505. The molecule has 1 amide bonds. The van der Waals surface area contributed by atoms with Gasteiger partial charge in [0.05, 0.1) is 17.6 Å². The van der Waals surface area contributed by atoms with Crippen LogP contribution in [-0.4, -0.2) is 12.5 Å². The molecule has 0 bridgehead atoms. The summed E-state index contributed by atoms with van der Waals surface area (Å²) in [4.78, 5) is 13.0. The number of carbonyl (C=O) groups is 1. The second-order valence-electron chi connectivity index (χ2n) is 9.71. The van der Waals surface area contributed by atoms with Gasteiger partial charge in [0.25, 0.3) is 5.91 Å². The maximum absolute atomic E-state index is 14.6. The number of carbonyl (C=O) groups excluding carboxylic acids is 1. The third-order valence-corrected chi connectivity index (χ3v) is 7.20. The topological polar surface area (TPSA) is 42.2 Å². The van der Waals surface area contributed by atoms with Gasteiger partial charge in [0.15, 0.2) is 24.3 Å². The molecule has 0 radical (unpaired) electrons. The van der Waals surface area contributed by atoms with Crippen molar-refractivity contribution in [2.75, 3.05) is 11.9 Å². The van der Waals surface area contributed by atoms with E-state index in [1.54, 1.807) is 23.5 Å². The third-order valence-electron chi connectivity index (χ3n) is 6.53. The first-order chi connectivity index (χ1) is 18.2. The Morgan fingerprint density at radius 3 is 2.27 bits per heavy atom. The number of amides is 1. The van der Waals surface area contributed by atoms with Crippen molar-refractivity contribution < 1.29 is 18.5 Å². The van der Waals surface area contributed by atoms with Crippen molar-refractivity contribution in [1.29, 1.82) is 0 Å². The van der Waals surface area contributed by atoms with Crippen LogP contribution in [0.3, 0.4) is 0 Å². The first-order valence-electron chi connectivity index (χ1n) is 13.9. The number of hydrogen-bond donors (Lipinski definition) is 1. The Morgan fingerprint density at radius 2 is 1.59 bits per heavy atom. The van der Waals surface area contributed by atoms with Gasteiger partial charge in [-0.15, -0.1) is 0 Å². The largest absolute Gasteiger partial charge is 0.490 e. The average Bonchev–Trinajstić information content (AvgIpc) is 3.40. The van der Waals surface area contributed by atoms with E-state index < -0.39 is 5.82 Å². The van der Waals surface area contributed by atoms with Crippen LogP contribution >= 0.6 is 11.3 Å². The highest BCUT2D eigenvalue weighted by molar-refractivity contribution is 7.07. The van der Waals surface area contributed by atoms with E-state index in [0.29, 0.717) is 12.3 Å². The van der Waals surface area contributed by atoms with Crippen molar-refractivity contribution in [2.45, 2.75) is 90.5 Å². The fourth-order valence-corrected chi connectivity index (χ4v) is 5.06. The Morgan fingerprint density at radius 1 is 0.919 bits per heavy atom. The Bertz CT molecular complexity index is 1060. The zero-order chi connectivity index (χ0) is 26.1. The van der Waals surface area contributed by atoms with Crippen molar-refractivity contribution in [3.8, 4) is 5.75 Å². The molecule has 3 rings (SSSR count). The van der Waals surface area contributed by atoms with Crippen molar-refractivity contribution >= 4 is 22.9 Å². The van der Waals surface area contributed by atoms with Crippen LogP contribution < -0.4 is 14.6 Å². The molecule has 0 saturated heterocycles. The van der Waals surface area contributed by atoms with Gasteiger partial charge in [0.2, 0.25) is 5.51 Å². The molecular formula is C31H42FN2O2S+. The third kappa shape index (κ3) is 10.6. The van der Waals surface area contributed by atoms with Gasteiger partial charge >= 0.3 is 0 Å². The molecule has 0 atom stereocenters. The summed E-state index contributed by atoms with van der Waals surface area (Å²) < 4.78 is 22.4. The monoisotopic (exact) mass is 525 g/mol. The predicted octanol–water partition coefficient (Wildman–Crippen LogP) is 8.56. The highest BCUT2D eigenvalue weighted by atomic mass is 32.1. The van der Waals surface area contributed by atoms with E-state index in [1.807, 2.05) is 41.4 Å². The lowest BCUT2D eigenvalue weighted by molar-refractivity contribution is -0.683. The van der Waals surface area contributed by atoms with Gasteiger partial charge in [-0.1, -0.05) is 107 Å². The number of para-hydroxylation sites is 1. The summed E-state index contributed by atoms with van der Waals surface area (Å²) in [6, 6.07) is 12.2. The Hall–Kier alpha value is -2.73. The first-order valence-corrected chi connectivity index (χ1v) is 14.8. The lowest BCUT2D eigenvalue weighted by atomic mass is 10.1. The zero-order valence-electron chi connectivity index (χ0n) is 22.2. The van der Waals surface area contributed by atoms with Gasteiger partial charge in [-0.3, -0.25) is 4.79 Å². The van der Waals surface area contributed by atoms with Crippen LogP contribution in [0.1, 0.15) is 99.9 Å². The van der Waals surface area contributed by atoms with Gasteiger partial charge in [0.1, 0.15) is 0 Å². The maximum atomic E-state index is 14.6. The zero-order valence-corrected chi connectivity index (χ0v) is 23.0. The summed E-state index contributed by atoms with van der Waals surface area (Å²) in [5.41, 5.74) is 4.01. The van der Waals surface area contributed by atoms with Crippen LogP contribution in [0.4, 0.5) is 10.1 Å². The van der Waals surface area contributed by atoms with Crippen molar-refractivity contribution in [1.82, 2.24) is 0 Å². The molecule has 6 heteroatoms. The molecule has 3 aromatic rings. The van der Waals surface area contributed by atoms with E-state index in [-0.39, 0.29) is 17.2 Å². The quantitative estimate of drug-likeness (QED) is 0.133. The Labute approximate surface area is 225 Å². The minimum Gasteiger partial charge on any atom is -0.490 e. The van der Waals surface area contributed by atoms with Gasteiger partial charge in [-0.25, -0.2) is 4.39 Å². The highest BCUT2D eigenvalue weighted by Crippen LogP contribution is 2.25. The highest BCUT2D eigenvalue weighted by Gasteiger charge is 2.17. The number of thiazole rings is 1. The summed E-state index contributed by atoms with van der Waals surface area (Å²) in [5.74, 6) is -0.841. The van der Waals surface area contributed by atoms with Gasteiger partial charge in [-0.05, 0) is 30.7 Å². The SMILES string of the molecule is CCCCCCCCCCCCCCOc1c(F)cccc1C(=O)Nc1cccc(C[n+]2ccsc2)c1. The summed E-state index contributed by atoms with van der Waals surface area (Å²) in [6.45, 7) is 3.39. The number of halogens is 1. The number of unbranched alkanes of at least 4 members (excludes halogenated alkanes) is 11. The van der Waals surface area contributed by atoms with E-state index in [4.69, 9.17) is 4.74 Å².